The van der Waals surface area contributed by atoms with Crippen LogP contribution in [0.1, 0.15) is 34.7 Å². The molecule has 0 aliphatic carbocycles. The lowest BCUT2D eigenvalue weighted by Crippen LogP contribution is -2.27. The highest BCUT2D eigenvalue weighted by Gasteiger charge is 2.15. The van der Waals surface area contributed by atoms with Gasteiger partial charge in [0.1, 0.15) is 5.69 Å². The first-order valence-corrected chi connectivity index (χ1v) is 6.93. The number of carbonyl (C=O) groups excluding carboxylic acids is 1. The largest absolute Gasteiger partial charge is 0.350 e. The Hall–Kier alpha value is -2.56. The Morgan fingerprint density at radius 1 is 1.38 bits per heavy atom. The van der Waals surface area contributed by atoms with Gasteiger partial charge in [-0.05, 0) is 31.5 Å². The van der Waals surface area contributed by atoms with Crippen LogP contribution in [0.3, 0.4) is 0 Å². The first kappa shape index (κ1) is 13.4. The number of nitrogens with one attached hydrogen (secondary N) is 2. The molecule has 0 fully saturated rings. The fraction of sp³-hybridized carbons (Fsp3) is 0.250. The highest BCUT2D eigenvalue weighted by atomic mass is 16.1. The Labute approximate surface area is 123 Å². The van der Waals surface area contributed by atoms with Crippen LogP contribution in [0.25, 0.3) is 10.9 Å². The predicted molar refractivity (Wildman–Crippen MR) is 82.1 cm³/mol. The monoisotopic (exact) mass is 282 g/mol. The number of aromatic nitrogens is 3. The van der Waals surface area contributed by atoms with E-state index in [9.17, 15) is 4.79 Å². The van der Waals surface area contributed by atoms with Gasteiger partial charge in [0, 0.05) is 24.1 Å². The minimum absolute atomic E-state index is 0.122. The van der Waals surface area contributed by atoms with Gasteiger partial charge in [-0.2, -0.15) is 5.10 Å². The maximum Gasteiger partial charge on any atom is 0.268 e. The number of aromatic amines is 1. The van der Waals surface area contributed by atoms with Crippen molar-refractivity contribution in [2.75, 3.05) is 0 Å². The van der Waals surface area contributed by atoms with E-state index >= 15 is 0 Å². The molecule has 1 amide bonds. The van der Waals surface area contributed by atoms with Crippen molar-refractivity contribution in [2.24, 2.45) is 7.05 Å². The maximum absolute atomic E-state index is 12.3. The van der Waals surface area contributed by atoms with E-state index in [0.717, 1.165) is 22.2 Å². The summed E-state index contributed by atoms with van der Waals surface area (Å²) in [7, 11) is 1.86. The van der Waals surface area contributed by atoms with Crippen LogP contribution in [-0.4, -0.2) is 20.7 Å². The van der Waals surface area contributed by atoms with Crippen LogP contribution in [-0.2, 0) is 7.05 Å². The second-order valence-electron chi connectivity index (χ2n) is 5.33. The first-order chi connectivity index (χ1) is 10.0. The Kier molecular flexibility index (Phi) is 3.25. The number of nitrogens with zero attached hydrogens (tertiary/aromatic N) is 2. The molecule has 21 heavy (non-hydrogen) atoms. The van der Waals surface area contributed by atoms with Crippen LogP contribution in [0.5, 0.6) is 0 Å². The zero-order valence-electron chi connectivity index (χ0n) is 12.3. The summed E-state index contributed by atoms with van der Waals surface area (Å²) < 4.78 is 1.73. The Morgan fingerprint density at radius 2 is 2.19 bits per heavy atom. The lowest BCUT2D eigenvalue weighted by Gasteiger charge is -2.10. The molecule has 0 saturated carbocycles. The van der Waals surface area contributed by atoms with Gasteiger partial charge in [0.15, 0.2) is 0 Å². The smallest absolute Gasteiger partial charge is 0.268 e. The standard InChI is InChI=1S/C16H18N4O/c1-10-5-4-6-12-9-14(18-15(10)12)16(21)17-11(2)13-7-8-20(3)19-13/h4-9,11,18H,1-3H3,(H,17,21). The van der Waals surface area contributed by atoms with E-state index in [4.69, 9.17) is 0 Å². The van der Waals surface area contributed by atoms with Crippen molar-refractivity contribution in [2.45, 2.75) is 19.9 Å². The van der Waals surface area contributed by atoms with Crippen LogP contribution < -0.4 is 5.32 Å². The number of H-pyrrole nitrogens is 1. The average molecular weight is 282 g/mol. The Bertz CT molecular complexity index is 800. The zero-order chi connectivity index (χ0) is 15.0. The van der Waals surface area contributed by atoms with Crippen molar-refractivity contribution < 1.29 is 4.79 Å². The summed E-state index contributed by atoms with van der Waals surface area (Å²) >= 11 is 0. The van der Waals surface area contributed by atoms with Gasteiger partial charge in [0.05, 0.1) is 11.7 Å². The average Bonchev–Trinajstić information content (AvgIpc) is 3.05. The second kappa shape index (κ2) is 5.09. The summed E-state index contributed by atoms with van der Waals surface area (Å²) in [6.07, 6.45) is 1.87. The number of amides is 1. The van der Waals surface area contributed by atoms with Crippen LogP contribution in [0.15, 0.2) is 36.5 Å². The molecule has 3 rings (SSSR count). The third kappa shape index (κ3) is 2.54. The number of carbonyl (C=O) groups is 1. The van der Waals surface area contributed by atoms with Crippen molar-refractivity contribution in [3.05, 3.63) is 53.5 Å². The molecule has 1 unspecified atom stereocenters. The second-order valence-corrected chi connectivity index (χ2v) is 5.33. The molecular formula is C16H18N4O. The van der Waals surface area contributed by atoms with Gasteiger partial charge in [-0.3, -0.25) is 9.48 Å². The molecule has 0 saturated heterocycles. The van der Waals surface area contributed by atoms with Crippen molar-refractivity contribution in [3.63, 3.8) is 0 Å². The molecule has 3 aromatic rings. The molecule has 2 N–H and O–H groups in total. The highest BCUT2D eigenvalue weighted by Crippen LogP contribution is 2.19. The molecule has 5 heteroatoms. The lowest BCUT2D eigenvalue weighted by molar-refractivity contribution is 0.0935. The number of aryl methyl sites for hydroxylation is 2. The first-order valence-electron chi connectivity index (χ1n) is 6.93. The number of fused-ring (bicyclic) bond motifs is 1. The highest BCUT2D eigenvalue weighted by molar-refractivity contribution is 5.98. The SMILES string of the molecule is Cc1cccc2cc(C(=O)NC(C)c3ccn(C)n3)[nH]c12. The van der Waals surface area contributed by atoms with E-state index in [0.29, 0.717) is 5.69 Å². The van der Waals surface area contributed by atoms with Gasteiger partial charge in [0.25, 0.3) is 5.91 Å². The number of para-hydroxylation sites is 1. The van der Waals surface area contributed by atoms with Gasteiger partial charge in [0.2, 0.25) is 0 Å². The summed E-state index contributed by atoms with van der Waals surface area (Å²) in [4.78, 5) is 15.5. The normalized spacial score (nSPS) is 12.5. The zero-order valence-corrected chi connectivity index (χ0v) is 12.3. The van der Waals surface area contributed by atoms with E-state index < -0.39 is 0 Å². The van der Waals surface area contributed by atoms with Crippen molar-refractivity contribution in [1.82, 2.24) is 20.1 Å². The number of benzene rings is 1. The fourth-order valence-electron chi connectivity index (χ4n) is 2.44. The molecule has 0 bridgehead atoms. The van der Waals surface area contributed by atoms with Crippen molar-refractivity contribution >= 4 is 16.8 Å². The van der Waals surface area contributed by atoms with Crippen LogP contribution in [0, 0.1) is 6.92 Å². The Balaban J connectivity index is 1.82. The van der Waals surface area contributed by atoms with E-state index in [2.05, 4.69) is 15.4 Å². The van der Waals surface area contributed by atoms with Gasteiger partial charge in [-0.15, -0.1) is 0 Å². The van der Waals surface area contributed by atoms with Gasteiger partial charge in [-0.1, -0.05) is 18.2 Å². The molecule has 5 nitrogen and oxygen atoms in total. The molecular weight excluding hydrogens is 264 g/mol. The summed E-state index contributed by atoms with van der Waals surface area (Å²) in [6.45, 7) is 3.95. The minimum atomic E-state index is -0.133. The van der Waals surface area contributed by atoms with E-state index in [-0.39, 0.29) is 11.9 Å². The summed E-state index contributed by atoms with van der Waals surface area (Å²) in [5.74, 6) is -0.122. The van der Waals surface area contributed by atoms with E-state index in [1.165, 1.54) is 0 Å². The number of hydrogen-bond acceptors (Lipinski definition) is 2. The van der Waals surface area contributed by atoms with E-state index in [1.54, 1.807) is 4.68 Å². The van der Waals surface area contributed by atoms with Crippen molar-refractivity contribution in [1.29, 1.82) is 0 Å². The summed E-state index contributed by atoms with van der Waals surface area (Å²) in [6, 6.07) is 9.66. The third-order valence-electron chi connectivity index (χ3n) is 3.63. The number of hydrogen-bond donors (Lipinski definition) is 2. The van der Waals surface area contributed by atoms with Gasteiger partial charge < -0.3 is 10.3 Å². The molecule has 0 aliphatic rings. The van der Waals surface area contributed by atoms with Gasteiger partial charge >= 0.3 is 0 Å². The summed E-state index contributed by atoms with van der Waals surface area (Å²) in [5.41, 5.74) is 3.55. The van der Waals surface area contributed by atoms with Gasteiger partial charge in [-0.25, -0.2) is 0 Å². The predicted octanol–water partition coefficient (Wildman–Crippen LogP) is 2.70. The van der Waals surface area contributed by atoms with Crippen LogP contribution in [0.4, 0.5) is 0 Å². The van der Waals surface area contributed by atoms with E-state index in [1.807, 2.05) is 57.4 Å². The summed E-state index contributed by atoms with van der Waals surface area (Å²) in [5, 5.41) is 8.31. The minimum Gasteiger partial charge on any atom is -0.350 e. The molecule has 1 atom stereocenters. The lowest BCUT2D eigenvalue weighted by atomic mass is 10.2. The molecule has 1 aromatic carbocycles. The molecule has 2 heterocycles. The van der Waals surface area contributed by atoms with Crippen LogP contribution >= 0.6 is 0 Å². The molecule has 0 radical (unpaired) electrons. The maximum atomic E-state index is 12.3. The third-order valence-corrected chi connectivity index (χ3v) is 3.63. The number of rotatable bonds is 3. The molecule has 0 spiro atoms. The molecule has 0 aliphatic heterocycles. The Morgan fingerprint density at radius 3 is 2.86 bits per heavy atom. The quantitative estimate of drug-likeness (QED) is 0.776. The topological polar surface area (TPSA) is 62.7 Å². The van der Waals surface area contributed by atoms with Crippen LogP contribution in [0.2, 0.25) is 0 Å². The van der Waals surface area contributed by atoms with Crippen molar-refractivity contribution in [3.8, 4) is 0 Å². The molecule has 108 valence electrons. The molecule has 2 aromatic heterocycles. The fourth-order valence-corrected chi connectivity index (χ4v) is 2.44.